The fraction of sp³-hybridized carbons (Fsp3) is 0.450. The second-order valence-electron chi connectivity index (χ2n) is 7.60. The zero-order chi connectivity index (χ0) is 20.4. The van der Waals surface area contributed by atoms with E-state index in [0.29, 0.717) is 34.6 Å². The Morgan fingerprint density at radius 3 is 2.93 bits per heavy atom. The highest BCUT2D eigenvalue weighted by Crippen LogP contribution is 2.34. The lowest BCUT2D eigenvalue weighted by Gasteiger charge is -2.28. The van der Waals surface area contributed by atoms with Gasteiger partial charge in [-0.25, -0.2) is 0 Å². The van der Waals surface area contributed by atoms with Crippen LogP contribution in [-0.2, 0) is 0 Å². The van der Waals surface area contributed by atoms with Crippen LogP contribution in [-0.4, -0.2) is 53.5 Å². The minimum atomic E-state index is 0.306. The Balaban J connectivity index is 1.63. The van der Waals surface area contributed by atoms with Gasteiger partial charge in [-0.2, -0.15) is 15.1 Å². The number of likely N-dealkylation sites (N-methyl/N-ethyl adjacent to an activating group) is 1. The lowest BCUT2D eigenvalue weighted by Crippen LogP contribution is -2.39. The molecule has 0 aliphatic carbocycles. The fourth-order valence-electron chi connectivity index (χ4n) is 3.62. The molecule has 0 radical (unpaired) electrons. The molecular formula is C20H26ClN7O. The van der Waals surface area contributed by atoms with Gasteiger partial charge in [0.1, 0.15) is 5.02 Å². The van der Waals surface area contributed by atoms with E-state index in [0.717, 1.165) is 36.1 Å². The number of benzene rings is 1. The minimum absolute atomic E-state index is 0.306. The number of aromatic nitrogens is 4. The molecule has 154 valence electrons. The number of halogens is 1. The van der Waals surface area contributed by atoms with Crippen LogP contribution in [0.1, 0.15) is 19.8 Å². The van der Waals surface area contributed by atoms with Crippen LogP contribution >= 0.6 is 11.6 Å². The van der Waals surface area contributed by atoms with Gasteiger partial charge in [-0.15, -0.1) is 0 Å². The molecule has 29 heavy (non-hydrogen) atoms. The van der Waals surface area contributed by atoms with Gasteiger partial charge in [0, 0.05) is 30.7 Å². The average Bonchev–Trinajstić information content (AvgIpc) is 3.08. The number of H-pyrrole nitrogens is 1. The zero-order valence-corrected chi connectivity index (χ0v) is 17.6. The predicted molar refractivity (Wildman–Crippen MR) is 116 cm³/mol. The summed E-state index contributed by atoms with van der Waals surface area (Å²) in [5.41, 5.74) is 1.83. The van der Waals surface area contributed by atoms with E-state index < -0.39 is 0 Å². The normalized spacial score (nSPS) is 19.7. The first kappa shape index (κ1) is 19.7. The monoisotopic (exact) mass is 415 g/mol. The third-order valence-electron chi connectivity index (χ3n) is 5.43. The van der Waals surface area contributed by atoms with Crippen molar-refractivity contribution in [2.75, 3.05) is 37.5 Å². The number of nitrogens with zero attached hydrogens (tertiary/aromatic N) is 4. The number of nitrogens with one attached hydrogen (secondary N) is 3. The third-order valence-corrected chi connectivity index (χ3v) is 5.77. The van der Waals surface area contributed by atoms with E-state index in [2.05, 4.69) is 37.6 Å². The number of anilines is 3. The van der Waals surface area contributed by atoms with Crippen LogP contribution in [0.3, 0.4) is 0 Å². The van der Waals surface area contributed by atoms with Crippen molar-refractivity contribution in [3.8, 4) is 5.88 Å². The van der Waals surface area contributed by atoms with Crippen molar-refractivity contribution in [3.63, 3.8) is 0 Å². The molecule has 1 saturated heterocycles. The number of ether oxygens (including phenoxy) is 1. The SMILES string of the molecule is COc1nc(N(C)C2CCC(C)CNC2)nc(Nc2ccc3[nH]ncc3c2)c1Cl. The topological polar surface area (TPSA) is 91.0 Å². The molecule has 0 saturated carbocycles. The largest absolute Gasteiger partial charge is 0.480 e. The van der Waals surface area contributed by atoms with Crippen LogP contribution < -0.4 is 20.3 Å². The molecule has 4 rings (SSSR count). The van der Waals surface area contributed by atoms with E-state index in [1.807, 2.05) is 25.2 Å². The van der Waals surface area contributed by atoms with Crippen LogP contribution in [0.4, 0.5) is 17.5 Å². The van der Waals surface area contributed by atoms with Gasteiger partial charge in [0.05, 0.1) is 18.8 Å². The molecule has 3 N–H and O–H groups in total. The van der Waals surface area contributed by atoms with Crippen LogP contribution in [0, 0.1) is 5.92 Å². The maximum atomic E-state index is 6.50. The van der Waals surface area contributed by atoms with E-state index in [-0.39, 0.29) is 0 Å². The van der Waals surface area contributed by atoms with Gasteiger partial charge < -0.3 is 20.3 Å². The van der Waals surface area contributed by atoms with E-state index in [1.54, 1.807) is 13.3 Å². The van der Waals surface area contributed by atoms with Crippen LogP contribution in [0.25, 0.3) is 10.9 Å². The number of methoxy groups -OCH3 is 1. The molecule has 3 heterocycles. The summed E-state index contributed by atoms with van der Waals surface area (Å²) in [7, 11) is 3.58. The summed E-state index contributed by atoms with van der Waals surface area (Å²) in [6.07, 6.45) is 4.03. The molecule has 1 aliphatic rings. The van der Waals surface area contributed by atoms with Crippen molar-refractivity contribution >= 4 is 40.0 Å². The lowest BCUT2D eigenvalue weighted by molar-refractivity contribution is 0.396. The fourth-order valence-corrected chi connectivity index (χ4v) is 3.83. The summed E-state index contributed by atoms with van der Waals surface area (Å²) in [6, 6.07) is 6.21. The van der Waals surface area contributed by atoms with Gasteiger partial charge >= 0.3 is 0 Å². The Bertz CT molecular complexity index is 992. The van der Waals surface area contributed by atoms with Gasteiger partial charge in [0.2, 0.25) is 11.8 Å². The second-order valence-corrected chi connectivity index (χ2v) is 7.98. The average molecular weight is 416 g/mol. The van der Waals surface area contributed by atoms with Crippen molar-refractivity contribution in [3.05, 3.63) is 29.4 Å². The van der Waals surface area contributed by atoms with Crippen LogP contribution in [0.15, 0.2) is 24.4 Å². The quantitative estimate of drug-likeness (QED) is 0.586. The number of rotatable bonds is 5. The highest BCUT2D eigenvalue weighted by atomic mass is 35.5. The Hall–Kier alpha value is -2.58. The third kappa shape index (κ3) is 4.23. The van der Waals surface area contributed by atoms with Gasteiger partial charge in [0.25, 0.3) is 0 Å². The van der Waals surface area contributed by atoms with E-state index >= 15 is 0 Å². The molecular weight excluding hydrogens is 390 g/mol. The van der Waals surface area contributed by atoms with E-state index in [4.69, 9.17) is 21.3 Å². The van der Waals surface area contributed by atoms with Crippen molar-refractivity contribution < 1.29 is 4.74 Å². The molecule has 3 aromatic rings. The number of hydrogen-bond acceptors (Lipinski definition) is 7. The van der Waals surface area contributed by atoms with E-state index in [1.165, 1.54) is 6.42 Å². The molecule has 0 bridgehead atoms. The van der Waals surface area contributed by atoms with Gasteiger partial charge in [-0.1, -0.05) is 18.5 Å². The summed E-state index contributed by atoms with van der Waals surface area (Å²) in [4.78, 5) is 11.4. The highest BCUT2D eigenvalue weighted by molar-refractivity contribution is 6.34. The Labute approximate surface area is 175 Å². The molecule has 2 atom stereocenters. The lowest BCUT2D eigenvalue weighted by atomic mass is 10.0. The molecule has 1 aliphatic heterocycles. The van der Waals surface area contributed by atoms with Crippen molar-refractivity contribution in [1.29, 1.82) is 0 Å². The smallest absolute Gasteiger partial charge is 0.239 e. The number of hydrogen-bond donors (Lipinski definition) is 3. The Kier molecular flexibility index (Phi) is 5.73. The zero-order valence-electron chi connectivity index (χ0n) is 16.9. The van der Waals surface area contributed by atoms with E-state index in [9.17, 15) is 0 Å². The summed E-state index contributed by atoms with van der Waals surface area (Å²) in [5, 5.41) is 15.2. The van der Waals surface area contributed by atoms with Crippen molar-refractivity contribution in [2.45, 2.75) is 25.8 Å². The summed E-state index contributed by atoms with van der Waals surface area (Å²) < 4.78 is 5.42. The van der Waals surface area contributed by atoms with Gasteiger partial charge in [-0.3, -0.25) is 5.10 Å². The molecule has 0 amide bonds. The Morgan fingerprint density at radius 1 is 1.24 bits per heavy atom. The summed E-state index contributed by atoms with van der Waals surface area (Å²) >= 11 is 6.50. The number of aromatic amines is 1. The van der Waals surface area contributed by atoms with Crippen LogP contribution in [0.5, 0.6) is 5.88 Å². The first-order valence-corrected chi connectivity index (χ1v) is 10.2. The standard InChI is InChI=1S/C20H26ClN7O/c1-12-4-6-15(11-22-9-12)28(2)20-25-18(17(21)19(26-20)29-3)24-14-5-7-16-13(8-14)10-23-27-16/h5,7-8,10,12,15,22H,4,6,9,11H2,1-3H3,(H,23,27)(H,24,25,26). The molecule has 8 nitrogen and oxygen atoms in total. The molecule has 9 heteroatoms. The van der Waals surface area contributed by atoms with Gasteiger partial charge in [0.15, 0.2) is 5.82 Å². The second kappa shape index (κ2) is 8.42. The van der Waals surface area contributed by atoms with Gasteiger partial charge in [-0.05, 0) is 43.5 Å². The predicted octanol–water partition coefficient (Wildman–Crippen LogP) is 3.58. The molecule has 1 fully saturated rings. The first-order chi connectivity index (χ1) is 14.0. The minimum Gasteiger partial charge on any atom is -0.480 e. The first-order valence-electron chi connectivity index (χ1n) is 9.80. The Morgan fingerprint density at radius 2 is 2.10 bits per heavy atom. The van der Waals surface area contributed by atoms with Crippen molar-refractivity contribution in [1.82, 2.24) is 25.5 Å². The maximum absolute atomic E-state index is 6.50. The molecule has 1 aromatic carbocycles. The van der Waals surface area contributed by atoms with Crippen molar-refractivity contribution in [2.24, 2.45) is 5.92 Å². The summed E-state index contributed by atoms with van der Waals surface area (Å²) in [6.45, 7) is 4.21. The maximum Gasteiger partial charge on any atom is 0.239 e. The molecule has 2 aromatic heterocycles. The molecule has 0 spiro atoms. The van der Waals surface area contributed by atoms with Crippen LogP contribution in [0.2, 0.25) is 5.02 Å². The highest BCUT2D eigenvalue weighted by Gasteiger charge is 2.24. The molecule has 2 unspecified atom stereocenters. The summed E-state index contributed by atoms with van der Waals surface area (Å²) in [5.74, 6) is 2.12. The number of fused-ring (bicyclic) bond motifs is 1.